The summed E-state index contributed by atoms with van der Waals surface area (Å²) in [6.07, 6.45) is 0. The zero-order chi connectivity index (χ0) is 16.6. The highest BCUT2D eigenvalue weighted by Crippen LogP contribution is 2.36. The summed E-state index contributed by atoms with van der Waals surface area (Å²) in [7, 11) is 0. The maximum absolute atomic E-state index is 14.2. The van der Waals surface area contributed by atoms with Crippen LogP contribution >= 0.6 is 11.3 Å². The standard InChI is InChI=1S/C15H13F5N2S/c16-10-9(11(17)13(19)14(20)12(10)18)15(8-1-6-23-7-8)22-4-2-21-3-5-22/h1,6-7,15,21H,2-5H2/t15-/m1/s1. The van der Waals surface area contributed by atoms with E-state index in [-0.39, 0.29) is 0 Å². The van der Waals surface area contributed by atoms with Crippen LogP contribution < -0.4 is 5.32 Å². The summed E-state index contributed by atoms with van der Waals surface area (Å²) in [5, 5.41) is 6.46. The van der Waals surface area contributed by atoms with Crippen molar-refractivity contribution in [3.8, 4) is 0 Å². The largest absolute Gasteiger partial charge is 0.314 e. The summed E-state index contributed by atoms with van der Waals surface area (Å²) in [5.41, 5.74) is -0.276. The van der Waals surface area contributed by atoms with Gasteiger partial charge < -0.3 is 5.32 Å². The fraction of sp³-hybridized carbons (Fsp3) is 0.333. The van der Waals surface area contributed by atoms with Gasteiger partial charge in [0.25, 0.3) is 0 Å². The number of piperazine rings is 1. The Hall–Kier alpha value is -1.51. The Bertz CT molecular complexity index is 669. The summed E-state index contributed by atoms with van der Waals surface area (Å²) in [6, 6.07) is 0.628. The molecule has 0 bridgehead atoms. The Morgan fingerprint density at radius 2 is 1.48 bits per heavy atom. The van der Waals surface area contributed by atoms with Crippen LogP contribution in [0.3, 0.4) is 0 Å². The molecule has 1 N–H and O–H groups in total. The van der Waals surface area contributed by atoms with Crippen molar-refractivity contribution in [2.24, 2.45) is 0 Å². The lowest BCUT2D eigenvalue weighted by atomic mass is 9.97. The summed E-state index contributed by atoms with van der Waals surface area (Å²) < 4.78 is 68.9. The lowest BCUT2D eigenvalue weighted by Crippen LogP contribution is -2.45. The molecule has 0 spiro atoms. The molecular weight excluding hydrogens is 335 g/mol. The van der Waals surface area contributed by atoms with E-state index in [1.807, 2.05) is 0 Å². The van der Waals surface area contributed by atoms with Crippen LogP contribution in [0.15, 0.2) is 16.8 Å². The first-order valence-electron chi connectivity index (χ1n) is 7.00. The van der Waals surface area contributed by atoms with Gasteiger partial charge in [-0.3, -0.25) is 4.90 Å². The average molecular weight is 348 g/mol. The third kappa shape index (κ3) is 2.86. The van der Waals surface area contributed by atoms with Crippen molar-refractivity contribution in [3.05, 3.63) is 57.0 Å². The number of hydrogen-bond donors (Lipinski definition) is 1. The highest BCUT2D eigenvalue weighted by atomic mass is 32.1. The van der Waals surface area contributed by atoms with E-state index in [0.29, 0.717) is 31.7 Å². The van der Waals surface area contributed by atoms with Gasteiger partial charge in [-0.25, -0.2) is 22.0 Å². The molecular formula is C15H13F5N2S. The van der Waals surface area contributed by atoms with E-state index in [4.69, 9.17) is 0 Å². The van der Waals surface area contributed by atoms with Crippen molar-refractivity contribution in [1.82, 2.24) is 10.2 Å². The second kappa shape index (κ2) is 6.54. The number of halogens is 5. The second-order valence-electron chi connectivity index (χ2n) is 5.23. The molecule has 3 rings (SSSR count). The number of rotatable bonds is 3. The van der Waals surface area contributed by atoms with E-state index in [1.165, 1.54) is 11.3 Å². The normalized spacial score (nSPS) is 17.4. The Labute approximate surface area is 133 Å². The van der Waals surface area contributed by atoms with E-state index in [0.717, 1.165) is 0 Å². The molecule has 2 nitrogen and oxygen atoms in total. The van der Waals surface area contributed by atoms with Crippen molar-refractivity contribution in [3.63, 3.8) is 0 Å². The molecule has 0 aliphatic carbocycles. The van der Waals surface area contributed by atoms with E-state index in [2.05, 4.69) is 5.32 Å². The summed E-state index contributed by atoms with van der Waals surface area (Å²) in [6.45, 7) is 2.05. The molecule has 2 aromatic rings. The topological polar surface area (TPSA) is 15.3 Å². The lowest BCUT2D eigenvalue weighted by Gasteiger charge is -2.35. The molecule has 1 aliphatic rings. The Balaban J connectivity index is 2.18. The predicted octanol–water partition coefficient (Wildman–Crippen LogP) is 3.44. The molecule has 0 saturated carbocycles. The van der Waals surface area contributed by atoms with E-state index >= 15 is 0 Å². The van der Waals surface area contributed by atoms with Gasteiger partial charge in [0.2, 0.25) is 5.82 Å². The molecule has 1 aliphatic heterocycles. The van der Waals surface area contributed by atoms with Crippen LogP contribution in [-0.4, -0.2) is 31.1 Å². The van der Waals surface area contributed by atoms with Gasteiger partial charge in [-0.15, -0.1) is 0 Å². The zero-order valence-electron chi connectivity index (χ0n) is 11.9. The van der Waals surface area contributed by atoms with Gasteiger partial charge >= 0.3 is 0 Å². The minimum atomic E-state index is -2.13. The van der Waals surface area contributed by atoms with Gasteiger partial charge in [-0.05, 0) is 22.4 Å². The van der Waals surface area contributed by atoms with Crippen LogP contribution in [0.2, 0.25) is 0 Å². The highest BCUT2D eigenvalue weighted by Gasteiger charge is 2.34. The van der Waals surface area contributed by atoms with Crippen molar-refractivity contribution < 1.29 is 22.0 Å². The smallest absolute Gasteiger partial charge is 0.200 e. The molecule has 124 valence electrons. The van der Waals surface area contributed by atoms with Gasteiger partial charge in [-0.1, -0.05) is 0 Å². The van der Waals surface area contributed by atoms with Gasteiger partial charge in [0.05, 0.1) is 11.6 Å². The Morgan fingerprint density at radius 1 is 0.913 bits per heavy atom. The molecule has 2 heterocycles. The molecule has 1 aromatic carbocycles. The minimum absolute atomic E-state index is 0.444. The monoisotopic (exact) mass is 348 g/mol. The van der Waals surface area contributed by atoms with Gasteiger partial charge in [0.15, 0.2) is 23.3 Å². The summed E-state index contributed by atoms with van der Waals surface area (Å²) in [4.78, 5) is 1.72. The number of benzene rings is 1. The summed E-state index contributed by atoms with van der Waals surface area (Å²) in [5.74, 6) is -9.48. The lowest BCUT2D eigenvalue weighted by molar-refractivity contribution is 0.189. The number of nitrogens with one attached hydrogen (secondary N) is 1. The molecule has 1 saturated heterocycles. The Kier molecular flexibility index (Phi) is 4.65. The van der Waals surface area contributed by atoms with Crippen LogP contribution in [0, 0.1) is 29.1 Å². The number of hydrogen-bond acceptors (Lipinski definition) is 3. The average Bonchev–Trinajstić information content (AvgIpc) is 3.10. The maximum Gasteiger partial charge on any atom is 0.200 e. The van der Waals surface area contributed by atoms with Crippen LogP contribution in [0.5, 0.6) is 0 Å². The fourth-order valence-electron chi connectivity index (χ4n) is 2.79. The fourth-order valence-corrected chi connectivity index (χ4v) is 3.47. The van der Waals surface area contributed by atoms with E-state index in [1.54, 1.807) is 21.7 Å². The van der Waals surface area contributed by atoms with E-state index < -0.39 is 40.7 Å². The quantitative estimate of drug-likeness (QED) is 0.519. The molecule has 0 unspecified atom stereocenters. The number of nitrogens with zero attached hydrogens (tertiary/aromatic N) is 1. The maximum atomic E-state index is 14.2. The molecule has 1 fully saturated rings. The molecule has 1 aromatic heterocycles. The van der Waals surface area contributed by atoms with E-state index in [9.17, 15) is 22.0 Å². The van der Waals surface area contributed by atoms with Gasteiger partial charge in [-0.2, -0.15) is 11.3 Å². The first-order chi connectivity index (χ1) is 11.0. The van der Waals surface area contributed by atoms with Crippen molar-refractivity contribution >= 4 is 11.3 Å². The molecule has 0 radical (unpaired) electrons. The molecule has 0 amide bonds. The summed E-state index contributed by atoms with van der Waals surface area (Å²) >= 11 is 1.30. The first-order valence-corrected chi connectivity index (χ1v) is 7.94. The minimum Gasteiger partial charge on any atom is -0.314 e. The van der Waals surface area contributed by atoms with Gasteiger partial charge in [0.1, 0.15) is 0 Å². The van der Waals surface area contributed by atoms with Crippen LogP contribution in [-0.2, 0) is 0 Å². The van der Waals surface area contributed by atoms with Crippen LogP contribution in [0.25, 0.3) is 0 Å². The van der Waals surface area contributed by atoms with Crippen LogP contribution in [0.4, 0.5) is 22.0 Å². The SMILES string of the molecule is Fc1c(F)c(F)c([C@@H](c2ccsc2)N2CCNCC2)c(F)c1F. The predicted molar refractivity (Wildman–Crippen MR) is 76.8 cm³/mol. The zero-order valence-corrected chi connectivity index (χ0v) is 12.7. The number of thiophene rings is 1. The molecule has 8 heteroatoms. The third-order valence-corrected chi connectivity index (χ3v) is 4.59. The molecule has 23 heavy (non-hydrogen) atoms. The van der Waals surface area contributed by atoms with Crippen LogP contribution in [0.1, 0.15) is 17.2 Å². The Morgan fingerprint density at radius 3 is 2.00 bits per heavy atom. The van der Waals surface area contributed by atoms with Crippen molar-refractivity contribution in [2.45, 2.75) is 6.04 Å². The third-order valence-electron chi connectivity index (χ3n) is 3.89. The molecule has 1 atom stereocenters. The highest BCUT2D eigenvalue weighted by molar-refractivity contribution is 7.08. The van der Waals surface area contributed by atoms with Gasteiger partial charge in [0, 0.05) is 26.2 Å². The van der Waals surface area contributed by atoms with Crippen molar-refractivity contribution in [1.29, 1.82) is 0 Å². The van der Waals surface area contributed by atoms with Crippen molar-refractivity contribution in [2.75, 3.05) is 26.2 Å². The first kappa shape index (κ1) is 16.4. The second-order valence-corrected chi connectivity index (χ2v) is 6.01.